The molecular formula is C18H20N6O2S. The summed E-state index contributed by atoms with van der Waals surface area (Å²) in [5, 5.41) is 4.86. The average Bonchev–Trinajstić information content (AvgIpc) is 3.30. The molecule has 1 aliphatic rings. The van der Waals surface area contributed by atoms with E-state index in [0.717, 1.165) is 35.5 Å². The van der Waals surface area contributed by atoms with Crippen molar-refractivity contribution in [3.63, 3.8) is 0 Å². The quantitative estimate of drug-likeness (QED) is 0.657. The number of rotatable bonds is 5. The van der Waals surface area contributed by atoms with Crippen molar-refractivity contribution < 1.29 is 9.53 Å². The summed E-state index contributed by atoms with van der Waals surface area (Å²) in [6.07, 6.45) is 4.79. The minimum absolute atomic E-state index is 0.0688. The van der Waals surface area contributed by atoms with Crippen LogP contribution in [0.1, 0.15) is 18.5 Å². The lowest BCUT2D eigenvalue weighted by atomic mass is 10.1. The number of hydrogen-bond donors (Lipinski definition) is 2. The van der Waals surface area contributed by atoms with E-state index < -0.39 is 0 Å². The summed E-state index contributed by atoms with van der Waals surface area (Å²) < 4.78 is 10.4. The van der Waals surface area contributed by atoms with Gasteiger partial charge in [-0.2, -0.15) is 14.3 Å². The number of anilines is 2. The molecule has 9 heteroatoms. The van der Waals surface area contributed by atoms with Crippen LogP contribution in [0, 0.1) is 6.92 Å². The topological polar surface area (TPSA) is 96.0 Å². The molecule has 1 amide bonds. The van der Waals surface area contributed by atoms with Crippen molar-refractivity contribution in [2.45, 2.75) is 25.9 Å². The molecule has 0 spiro atoms. The number of carbonyl (C=O) groups excluding carboxylic acids is 1. The third-order valence-corrected chi connectivity index (χ3v) is 5.18. The largest absolute Gasteiger partial charge is 0.472 e. The minimum atomic E-state index is -0.117. The Morgan fingerprint density at radius 2 is 2.41 bits per heavy atom. The van der Waals surface area contributed by atoms with E-state index in [2.05, 4.69) is 31.2 Å². The molecule has 1 saturated heterocycles. The van der Waals surface area contributed by atoms with Crippen LogP contribution in [0.15, 0.2) is 31.0 Å². The summed E-state index contributed by atoms with van der Waals surface area (Å²) in [7, 11) is 0. The number of aromatic amines is 1. The van der Waals surface area contributed by atoms with Gasteiger partial charge < -0.3 is 19.9 Å². The number of fused-ring (bicyclic) bond motifs is 1. The monoisotopic (exact) mass is 384 g/mol. The van der Waals surface area contributed by atoms with Crippen LogP contribution in [0.2, 0.25) is 0 Å². The van der Waals surface area contributed by atoms with E-state index in [9.17, 15) is 4.79 Å². The Labute approximate surface area is 160 Å². The molecule has 0 saturated carbocycles. The fourth-order valence-electron chi connectivity index (χ4n) is 3.11. The number of aryl methyl sites for hydroxylation is 1. The van der Waals surface area contributed by atoms with Gasteiger partial charge in [-0.05, 0) is 49.5 Å². The Balaban J connectivity index is 1.57. The number of amides is 1. The molecule has 1 fully saturated rings. The summed E-state index contributed by atoms with van der Waals surface area (Å²) in [5.41, 5.74) is 1.63. The van der Waals surface area contributed by atoms with Crippen molar-refractivity contribution in [2.75, 3.05) is 18.4 Å². The van der Waals surface area contributed by atoms with Crippen molar-refractivity contribution in [2.24, 2.45) is 0 Å². The van der Waals surface area contributed by atoms with Gasteiger partial charge in [-0.25, -0.2) is 0 Å². The van der Waals surface area contributed by atoms with Crippen LogP contribution < -0.4 is 10.1 Å². The Morgan fingerprint density at radius 1 is 1.52 bits per heavy atom. The van der Waals surface area contributed by atoms with Crippen molar-refractivity contribution >= 4 is 39.4 Å². The highest BCUT2D eigenvalue weighted by atomic mass is 32.1. The van der Waals surface area contributed by atoms with Crippen molar-refractivity contribution in [1.29, 1.82) is 0 Å². The fourth-order valence-corrected chi connectivity index (χ4v) is 3.77. The fraction of sp³-hybridized carbons (Fsp3) is 0.333. The van der Waals surface area contributed by atoms with Crippen LogP contribution in [0.3, 0.4) is 0 Å². The first-order valence-electron chi connectivity index (χ1n) is 8.76. The summed E-state index contributed by atoms with van der Waals surface area (Å²) >= 11 is 1.35. The first-order chi connectivity index (χ1) is 13.1. The summed E-state index contributed by atoms with van der Waals surface area (Å²) in [6.45, 7) is 6.75. The molecule has 3 aromatic rings. The van der Waals surface area contributed by atoms with Crippen LogP contribution in [-0.2, 0) is 4.79 Å². The van der Waals surface area contributed by atoms with E-state index >= 15 is 0 Å². The lowest BCUT2D eigenvalue weighted by Gasteiger charge is -2.32. The molecule has 4 rings (SSSR count). The number of likely N-dealkylation sites (tertiary alicyclic amines) is 1. The van der Waals surface area contributed by atoms with Crippen molar-refractivity contribution in [3.8, 4) is 5.88 Å². The molecule has 1 unspecified atom stereocenters. The molecule has 4 heterocycles. The Hall–Kier alpha value is -2.94. The number of hydrogen-bond acceptors (Lipinski definition) is 7. The van der Waals surface area contributed by atoms with E-state index in [1.54, 1.807) is 11.1 Å². The molecule has 8 nitrogen and oxygen atoms in total. The van der Waals surface area contributed by atoms with Crippen LogP contribution in [0.4, 0.5) is 10.9 Å². The Morgan fingerprint density at radius 3 is 3.19 bits per heavy atom. The summed E-state index contributed by atoms with van der Waals surface area (Å²) in [5.74, 6) is 0.877. The summed E-state index contributed by atoms with van der Waals surface area (Å²) in [6, 6.07) is 3.83. The third-order valence-electron chi connectivity index (χ3n) is 4.39. The molecule has 0 bridgehead atoms. The van der Waals surface area contributed by atoms with E-state index in [4.69, 9.17) is 4.74 Å². The molecule has 0 aliphatic carbocycles. The zero-order chi connectivity index (χ0) is 18.8. The minimum Gasteiger partial charge on any atom is -0.472 e. The molecule has 140 valence electrons. The second kappa shape index (κ2) is 7.36. The molecule has 0 aromatic carbocycles. The number of aromatic nitrogens is 4. The normalized spacial score (nSPS) is 17.1. The van der Waals surface area contributed by atoms with E-state index in [1.165, 1.54) is 17.6 Å². The third kappa shape index (κ3) is 3.77. The molecule has 3 aromatic heterocycles. The predicted molar refractivity (Wildman–Crippen MR) is 104 cm³/mol. The van der Waals surface area contributed by atoms with Crippen molar-refractivity contribution in [3.05, 3.63) is 36.7 Å². The van der Waals surface area contributed by atoms with Crippen LogP contribution >= 0.6 is 11.5 Å². The smallest absolute Gasteiger partial charge is 0.246 e. The van der Waals surface area contributed by atoms with Crippen LogP contribution in [0.25, 0.3) is 11.0 Å². The van der Waals surface area contributed by atoms with E-state index in [0.29, 0.717) is 24.0 Å². The molecular weight excluding hydrogens is 364 g/mol. The number of piperidine rings is 1. The highest BCUT2D eigenvalue weighted by Crippen LogP contribution is 2.28. The van der Waals surface area contributed by atoms with Crippen LogP contribution in [0.5, 0.6) is 5.88 Å². The van der Waals surface area contributed by atoms with Crippen molar-refractivity contribution in [1.82, 2.24) is 24.2 Å². The maximum Gasteiger partial charge on any atom is 0.246 e. The van der Waals surface area contributed by atoms with Gasteiger partial charge in [0, 0.05) is 12.7 Å². The number of carbonyl (C=O) groups is 1. The molecule has 1 atom stereocenters. The maximum atomic E-state index is 11.9. The van der Waals surface area contributed by atoms with Gasteiger partial charge in [0.25, 0.3) is 0 Å². The molecule has 0 radical (unpaired) electrons. The van der Waals surface area contributed by atoms with Crippen LogP contribution in [-0.4, -0.2) is 49.3 Å². The zero-order valence-corrected chi connectivity index (χ0v) is 15.8. The second-order valence-electron chi connectivity index (χ2n) is 6.42. The Bertz CT molecular complexity index is 981. The van der Waals surface area contributed by atoms with Gasteiger partial charge in [-0.15, -0.1) is 0 Å². The zero-order valence-electron chi connectivity index (χ0n) is 14.9. The Kier molecular flexibility index (Phi) is 4.76. The number of H-pyrrole nitrogens is 1. The number of nitrogens with zero attached hydrogens (tertiary/aromatic N) is 4. The number of nitrogens with one attached hydrogen (secondary N) is 2. The lowest BCUT2D eigenvalue weighted by molar-refractivity contribution is -0.128. The highest BCUT2D eigenvalue weighted by molar-refractivity contribution is 7.10. The highest BCUT2D eigenvalue weighted by Gasteiger charge is 2.25. The second-order valence-corrected chi connectivity index (χ2v) is 7.23. The SMILES string of the molecule is C=CC(=O)N1CCCC(Oc2nc(Nc3cc(C)ns3)nc3[nH]ccc23)C1. The standard InChI is InChI=1S/C18H20N6O2S/c1-3-15(25)24-8-4-5-12(10-24)26-17-13-6-7-19-16(13)21-18(22-17)20-14-9-11(2)23-27-14/h3,6-7,9,12H,1,4-5,8,10H2,2H3,(H2,19,20,21,22). The van der Waals surface area contributed by atoms with Gasteiger partial charge in [0.1, 0.15) is 16.8 Å². The molecule has 2 N–H and O–H groups in total. The molecule has 27 heavy (non-hydrogen) atoms. The molecule has 1 aliphatic heterocycles. The van der Waals surface area contributed by atoms with Gasteiger partial charge >= 0.3 is 0 Å². The number of ether oxygens (including phenoxy) is 1. The first kappa shape index (κ1) is 17.5. The average molecular weight is 384 g/mol. The van der Waals surface area contributed by atoms with E-state index in [-0.39, 0.29) is 12.0 Å². The lowest BCUT2D eigenvalue weighted by Crippen LogP contribution is -2.43. The van der Waals surface area contributed by atoms with Gasteiger partial charge in [-0.3, -0.25) is 4.79 Å². The van der Waals surface area contributed by atoms with Gasteiger partial charge in [0.15, 0.2) is 0 Å². The summed E-state index contributed by atoms with van der Waals surface area (Å²) in [4.78, 5) is 25.8. The first-order valence-corrected chi connectivity index (χ1v) is 9.53. The van der Waals surface area contributed by atoms with Gasteiger partial charge in [0.2, 0.25) is 17.7 Å². The van der Waals surface area contributed by atoms with Gasteiger partial charge in [-0.1, -0.05) is 6.58 Å². The maximum absolute atomic E-state index is 11.9. The predicted octanol–water partition coefficient (Wildman–Crippen LogP) is 3.02. The van der Waals surface area contributed by atoms with E-state index in [1.807, 2.05) is 19.1 Å². The van der Waals surface area contributed by atoms with Gasteiger partial charge in [0.05, 0.1) is 17.6 Å².